The fourth-order valence-corrected chi connectivity index (χ4v) is 5.82. The lowest BCUT2D eigenvalue weighted by atomic mass is 9.70. The van der Waals surface area contributed by atoms with E-state index in [1.807, 2.05) is 11.9 Å². The molecule has 3 aliphatic heterocycles. The Hall–Kier alpha value is -3.42. The van der Waals surface area contributed by atoms with E-state index in [1.165, 1.54) is 12.1 Å². The molecule has 1 spiro atoms. The number of rotatable bonds is 3. The number of halogens is 2. The lowest BCUT2D eigenvalue weighted by Crippen LogP contribution is -2.51. The predicted molar refractivity (Wildman–Crippen MR) is 124 cm³/mol. The van der Waals surface area contributed by atoms with Crippen LogP contribution in [0.2, 0.25) is 5.02 Å². The van der Waals surface area contributed by atoms with E-state index in [-0.39, 0.29) is 30.2 Å². The predicted octanol–water partition coefficient (Wildman–Crippen LogP) is 4.58. The third-order valence-corrected chi connectivity index (χ3v) is 7.38. The first-order valence-corrected chi connectivity index (χ1v) is 11.3. The third kappa shape index (κ3) is 2.90. The molecule has 3 aromatic carbocycles. The Morgan fingerprint density at radius 1 is 1.09 bits per heavy atom. The van der Waals surface area contributed by atoms with Gasteiger partial charge in [-0.05, 0) is 61.1 Å². The number of amides is 1. The van der Waals surface area contributed by atoms with E-state index in [9.17, 15) is 14.0 Å². The zero-order chi connectivity index (χ0) is 23.6. The Morgan fingerprint density at radius 3 is 2.65 bits per heavy atom. The summed E-state index contributed by atoms with van der Waals surface area (Å²) in [6.07, 6.45) is 0. The van der Waals surface area contributed by atoms with E-state index < -0.39 is 11.5 Å². The molecule has 6 nitrogen and oxygen atoms in total. The van der Waals surface area contributed by atoms with Crippen molar-refractivity contribution < 1.29 is 23.5 Å². The lowest BCUT2D eigenvalue weighted by molar-refractivity contribution is -0.126. The molecule has 1 saturated heterocycles. The number of Topliss-reactive ketones (excluding diaryl/α,β-unsaturated/α-hetero) is 1. The van der Waals surface area contributed by atoms with Crippen molar-refractivity contribution in [3.05, 3.63) is 88.2 Å². The van der Waals surface area contributed by atoms with Crippen LogP contribution in [0.25, 0.3) is 0 Å². The number of ketones is 1. The third-order valence-electron chi connectivity index (χ3n) is 7.15. The summed E-state index contributed by atoms with van der Waals surface area (Å²) < 4.78 is 24.6. The van der Waals surface area contributed by atoms with E-state index in [2.05, 4.69) is 5.32 Å². The van der Waals surface area contributed by atoms with Crippen molar-refractivity contribution in [2.75, 3.05) is 25.7 Å². The molecule has 8 heteroatoms. The summed E-state index contributed by atoms with van der Waals surface area (Å²) in [5.41, 5.74) is 1.22. The van der Waals surface area contributed by atoms with Crippen molar-refractivity contribution >= 4 is 29.0 Å². The van der Waals surface area contributed by atoms with Gasteiger partial charge in [0.05, 0.1) is 5.92 Å². The summed E-state index contributed by atoms with van der Waals surface area (Å²) in [6.45, 7) is 0.515. The highest BCUT2D eigenvalue weighted by Crippen LogP contribution is 2.56. The number of hydrogen-bond donors (Lipinski definition) is 1. The van der Waals surface area contributed by atoms with Crippen molar-refractivity contribution in [2.24, 2.45) is 5.92 Å². The van der Waals surface area contributed by atoms with Crippen LogP contribution in [-0.4, -0.2) is 37.0 Å². The first-order valence-electron chi connectivity index (χ1n) is 10.9. The molecule has 0 bridgehead atoms. The van der Waals surface area contributed by atoms with Crippen LogP contribution < -0.4 is 14.8 Å². The van der Waals surface area contributed by atoms with Gasteiger partial charge in [0.15, 0.2) is 17.3 Å². The number of ether oxygens (including phenoxy) is 2. The summed E-state index contributed by atoms with van der Waals surface area (Å²) in [7, 11) is 1.83. The first-order chi connectivity index (χ1) is 16.4. The van der Waals surface area contributed by atoms with Crippen LogP contribution in [0, 0.1) is 11.7 Å². The Labute approximate surface area is 200 Å². The molecular formula is C26H20ClFN2O4. The second-order valence-corrected chi connectivity index (χ2v) is 9.30. The number of nitrogens with one attached hydrogen (secondary N) is 1. The molecule has 3 heterocycles. The average molecular weight is 479 g/mol. The number of likely N-dealkylation sites (tertiary alicyclic amines) is 1. The van der Waals surface area contributed by atoms with Gasteiger partial charge < -0.3 is 14.8 Å². The Morgan fingerprint density at radius 2 is 1.85 bits per heavy atom. The van der Waals surface area contributed by atoms with E-state index in [1.54, 1.807) is 48.5 Å². The Bertz CT molecular complexity index is 1350. The van der Waals surface area contributed by atoms with Gasteiger partial charge in [-0.15, -0.1) is 0 Å². The average Bonchev–Trinajstić information content (AvgIpc) is 3.49. The molecule has 0 aromatic heterocycles. The summed E-state index contributed by atoms with van der Waals surface area (Å²) in [5, 5.41) is 3.43. The van der Waals surface area contributed by atoms with Crippen LogP contribution >= 0.6 is 11.6 Å². The number of hydrogen-bond acceptors (Lipinski definition) is 5. The van der Waals surface area contributed by atoms with Crippen molar-refractivity contribution in [1.82, 2.24) is 4.90 Å². The number of benzene rings is 3. The topological polar surface area (TPSA) is 67.9 Å². The van der Waals surface area contributed by atoms with E-state index in [4.69, 9.17) is 21.1 Å². The minimum atomic E-state index is -1.27. The molecule has 1 N–H and O–H groups in total. The van der Waals surface area contributed by atoms with E-state index in [0.29, 0.717) is 39.9 Å². The van der Waals surface area contributed by atoms with Crippen molar-refractivity contribution in [2.45, 2.75) is 11.5 Å². The number of nitrogens with zero attached hydrogens (tertiary/aromatic N) is 1. The standard InChI is InChI=1S/C26H20ClFN2O4/c1-30-12-18(14-2-6-17(28)7-3-14)23(24(31)15-4-9-21-22(10-15)34-13-33-21)26(30)19-11-16(27)5-8-20(19)29-25(26)32/h2-11,18,23H,12-13H2,1H3,(H,29,32)/t18-,23+,26-/m1/s1. The molecule has 6 rings (SSSR count). The molecule has 3 aromatic rings. The van der Waals surface area contributed by atoms with E-state index in [0.717, 1.165) is 5.56 Å². The van der Waals surface area contributed by atoms with Gasteiger partial charge in [0.1, 0.15) is 11.4 Å². The van der Waals surface area contributed by atoms with Crippen LogP contribution in [0.4, 0.5) is 10.1 Å². The van der Waals surface area contributed by atoms with Gasteiger partial charge in [-0.1, -0.05) is 23.7 Å². The van der Waals surface area contributed by atoms with Crippen LogP contribution in [0.15, 0.2) is 60.7 Å². The van der Waals surface area contributed by atoms with Gasteiger partial charge >= 0.3 is 0 Å². The highest BCUT2D eigenvalue weighted by Gasteiger charge is 2.64. The van der Waals surface area contributed by atoms with Gasteiger partial charge in [0, 0.05) is 34.3 Å². The van der Waals surface area contributed by atoms with Gasteiger partial charge in [0.25, 0.3) is 0 Å². The molecule has 172 valence electrons. The molecule has 0 radical (unpaired) electrons. The van der Waals surface area contributed by atoms with Crippen molar-refractivity contribution in [3.8, 4) is 11.5 Å². The monoisotopic (exact) mass is 478 g/mol. The smallest absolute Gasteiger partial charge is 0.250 e. The largest absolute Gasteiger partial charge is 0.454 e. The second-order valence-electron chi connectivity index (χ2n) is 8.86. The molecule has 0 saturated carbocycles. The summed E-state index contributed by atoms with van der Waals surface area (Å²) in [4.78, 5) is 29.8. The maximum absolute atomic E-state index is 14.2. The van der Waals surface area contributed by atoms with Crippen molar-refractivity contribution in [3.63, 3.8) is 0 Å². The molecule has 3 aliphatic rings. The van der Waals surface area contributed by atoms with Gasteiger partial charge in [-0.3, -0.25) is 14.5 Å². The molecular weight excluding hydrogens is 459 g/mol. The minimum absolute atomic E-state index is 0.0928. The van der Waals surface area contributed by atoms with Crippen LogP contribution in [-0.2, 0) is 10.3 Å². The molecule has 0 aliphatic carbocycles. The minimum Gasteiger partial charge on any atom is -0.454 e. The number of carbonyl (C=O) groups excluding carboxylic acids is 2. The summed E-state index contributed by atoms with van der Waals surface area (Å²) in [5.74, 6) is -0.943. The maximum atomic E-state index is 14.2. The normalized spacial score (nSPS) is 25.0. The van der Waals surface area contributed by atoms with E-state index >= 15 is 0 Å². The van der Waals surface area contributed by atoms with Crippen LogP contribution in [0.5, 0.6) is 11.5 Å². The van der Waals surface area contributed by atoms with Gasteiger partial charge in [-0.25, -0.2) is 4.39 Å². The zero-order valence-electron chi connectivity index (χ0n) is 18.2. The number of anilines is 1. The fourth-order valence-electron chi connectivity index (χ4n) is 5.65. The number of likely N-dealkylation sites (N-methyl/N-ethyl adjacent to an activating group) is 1. The summed E-state index contributed by atoms with van der Waals surface area (Å²) in [6, 6.07) is 16.4. The van der Waals surface area contributed by atoms with Crippen molar-refractivity contribution in [1.29, 1.82) is 0 Å². The molecule has 1 fully saturated rings. The zero-order valence-corrected chi connectivity index (χ0v) is 18.9. The molecule has 34 heavy (non-hydrogen) atoms. The molecule has 1 amide bonds. The Kier molecular flexibility index (Phi) is 4.69. The lowest BCUT2D eigenvalue weighted by Gasteiger charge is -2.35. The second kappa shape index (κ2) is 7.55. The number of carbonyl (C=O) groups is 2. The first kappa shape index (κ1) is 21.1. The van der Waals surface area contributed by atoms with Crippen LogP contribution in [0.3, 0.4) is 0 Å². The maximum Gasteiger partial charge on any atom is 0.250 e. The molecule has 3 atom stereocenters. The quantitative estimate of drug-likeness (QED) is 0.558. The molecule has 0 unspecified atom stereocenters. The Balaban J connectivity index is 1.55. The van der Waals surface area contributed by atoms with Gasteiger partial charge in [0.2, 0.25) is 12.7 Å². The SMILES string of the molecule is CN1C[C@H](c2ccc(F)cc2)[C@@H](C(=O)c2ccc3c(c2)OCO3)[C@]12C(=O)Nc1ccc(Cl)cc12. The fraction of sp³-hybridized carbons (Fsp3) is 0.231. The van der Waals surface area contributed by atoms with Gasteiger partial charge in [-0.2, -0.15) is 0 Å². The summed E-state index contributed by atoms with van der Waals surface area (Å²) >= 11 is 6.34. The highest BCUT2D eigenvalue weighted by atomic mass is 35.5. The van der Waals surface area contributed by atoms with Crippen LogP contribution in [0.1, 0.15) is 27.4 Å². The number of fused-ring (bicyclic) bond motifs is 3. The highest BCUT2D eigenvalue weighted by molar-refractivity contribution is 6.31.